The zero-order valence-corrected chi connectivity index (χ0v) is 13.2. The molecule has 0 aromatic heterocycles. The van der Waals surface area contributed by atoms with E-state index in [0.29, 0.717) is 12.2 Å². The van der Waals surface area contributed by atoms with Crippen molar-refractivity contribution in [2.75, 3.05) is 32.8 Å². The standard InChI is InChI=1S/C13H26NO2.BrH/c1-6-9-14(7-2,8-3)10-11-16-13(15)12(4)5;/h4,6-11H2,1-3,5H3;1H/q+1;/p-1. The first-order chi connectivity index (χ1) is 7.51. The SMILES string of the molecule is C=C(C)C(=O)OCC[N+](CC)(CC)CCC.[Br-]. The van der Waals surface area contributed by atoms with Crippen molar-refractivity contribution < 1.29 is 31.0 Å². The minimum atomic E-state index is -0.276. The Balaban J connectivity index is 0. The number of hydrogen-bond acceptors (Lipinski definition) is 2. The summed E-state index contributed by atoms with van der Waals surface area (Å²) in [6, 6.07) is 0. The molecular formula is C13H26BrNO2. The highest BCUT2D eigenvalue weighted by Gasteiger charge is 2.22. The third-order valence-corrected chi connectivity index (χ3v) is 3.19. The molecule has 0 saturated heterocycles. The van der Waals surface area contributed by atoms with Gasteiger partial charge in [-0.3, -0.25) is 0 Å². The van der Waals surface area contributed by atoms with E-state index < -0.39 is 0 Å². The summed E-state index contributed by atoms with van der Waals surface area (Å²) >= 11 is 0. The number of hydrogen-bond donors (Lipinski definition) is 0. The maximum Gasteiger partial charge on any atom is 0.333 e. The molecule has 3 nitrogen and oxygen atoms in total. The van der Waals surface area contributed by atoms with Crippen LogP contribution in [0.2, 0.25) is 0 Å². The highest BCUT2D eigenvalue weighted by molar-refractivity contribution is 5.86. The van der Waals surface area contributed by atoms with Gasteiger partial charge in [0, 0.05) is 5.57 Å². The molecule has 0 unspecified atom stereocenters. The fourth-order valence-electron chi connectivity index (χ4n) is 1.90. The van der Waals surface area contributed by atoms with Gasteiger partial charge in [-0.1, -0.05) is 13.5 Å². The lowest BCUT2D eigenvalue weighted by Crippen LogP contribution is -3.00. The summed E-state index contributed by atoms with van der Waals surface area (Å²) in [5.41, 5.74) is 0.474. The summed E-state index contributed by atoms with van der Waals surface area (Å²) in [6.07, 6.45) is 1.16. The first kappa shape index (κ1) is 19.0. The van der Waals surface area contributed by atoms with E-state index in [-0.39, 0.29) is 23.0 Å². The molecule has 0 aromatic rings. The molecule has 0 aliphatic heterocycles. The molecule has 102 valence electrons. The Labute approximate surface area is 116 Å². The number of carbonyl (C=O) groups excluding carboxylic acids is 1. The average molecular weight is 308 g/mol. The molecule has 0 spiro atoms. The van der Waals surface area contributed by atoms with Crippen LogP contribution >= 0.6 is 0 Å². The van der Waals surface area contributed by atoms with Gasteiger partial charge in [-0.2, -0.15) is 0 Å². The van der Waals surface area contributed by atoms with Gasteiger partial charge >= 0.3 is 5.97 Å². The number of ether oxygens (including phenoxy) is 1. The van der Waals surface area contributed by atoms with Crippen LogP contribution in [-0.2, 0) is 9.53 Å². The second kappa shape index (κ2) is 9.66. The van der Waals surface area contributed by atoms with Crippen LogP contribution < -0.4 is 17.0 Å². The van der Waals surface area contributed by atoms with Crippen molar-refractivity contribution in [2.24, 2.45) is 0 Å². The lowest BCUT2D eigenvalue weighted by Gasteiger charge is -2.36. The number of halogens is 1. The smallest absolute Gasteiger partial charge is 0.333 e. The topological polar surface area (TPSA) is 26.3 Å². The van der Waals surface area contributed by atoms with Gasteiger partial charge < -0.3 is 26.2 Å². The van der Waals surface area contributed by atoms with Crippen molar-refractivity contribution >= 4 is 5.97 Å². The van der Waals surface area contributed by atoms with Gasteiger partial charge in [0.1, 0.15) is 13.2 Å². The van der Waals surface area contributed by atoms with Gasteiger partial charge in [0.05, 0.1) is 19.6 Å². The quantitative estimate of drug-likeness (QED) is 0.339. The maximum atomic E-state index is 11.2. The van der Waals surface area contributed by atoms with E-state index in [0.717, 1.165) is 37.1 Å². The van der Waals surface area contributed by atoms with Gasteiger partial charge in [-0.05, 0) is 27.2 Å². The van der Waals surface area contributed by atoms with Gasteiger partial charge in [0.15, 0.2) is 0 Å². The highest BCUT2D eigenvalue weighted by Crippen LogP contribution is 2.08. The Morgan fingerprint density at radius 2 is 1.71 bits per heavy atom. The normalized spacial score (nSPS) is 10.6. The summed E-state index contributed by atoms with van der Waals surface area (Å²) in [5.74, 6) is -0.276. The third kappa shape index (κ3) is 6.84. The Hall–Kier alpha value is -0.350. The largest absolute Gasteiger partial charge is 1.00 e. The Morgan fingerprint density at radius 3 is 2.06 bits per heavy atom. The van der Waals surface area contributed by atoms with Crippen molar-refractivity contribution in [1.82, 2.24) is 0 Å². The molecule has 0 N–H and O–H groups in total. The molecule has 0 rings (SSSR count). The predicted octanol–water partition coefficient (Wildman–Crippen LogP) is -0.624. The third-order valence-electron chi connectivity index (χ3n) is 3.19. The monoisotopic (exact) mass is 307 g/mol. The van der Waals surface area contributed by atoms with Gasteiger partial charge in [-0.15, -0.1) is 0 Å². The summed E-state index contributed by atoms with van der Waals surface area (Å²) in [4.78, 5) is 11.2. The lowest BCUT2D eigenvalue weighted by atomic mass is 10.3. The van der Waals surface area contributed by atoms with E-state index in [9.17, 15) is 4.79 Å². The number of likely N-dealkylation sites (N-methyl/N-ethyl adjacent to an activating group) is 1. The number of nitrogens with zero attached hydrogens (tertiary/aromatic N) is 1. The number of quaternary nitrogens is 1. The fraction of sp³-hybridized carbons (Fsp3) is 0.769. The molecule has 0 radical (unpaired) electrons. The van der Waals surface area contributed by atoms with Crippen LogP contribution in [0, 0.1) is 0 Å². The summed E-state index contributed by atoms with van der Waals surface area (Å²) in [7, 11) is 0. The Kier molecular flexibility index (Phi) is 10.8. The first-order valence-electron chi connectivity index (χ1n) is 6.19. The number of esters is 1. The molecule has 0 heterocycles. The average Bonchev–Trinajstić information content (AvgIpc) is 2.27. The van der Waals surface area contributed by atoms with E-state index in [2.05, 4.69) is 27.4 Å². The zero-order valence-electron chi connectivity index (χ0n) is 11.6. The summed E-state index contributed by atoms with van der Waals surface area (Å²) in [5, 5.41) is 0. The molecule has 0 bridgehead atoms. The minimum Gasteiger partial charge on any atom is -1.00 e. The van der Waals surface area contributed by atoms with Crippen molar-refractivity contribution in [2.45, 2.75) is 34.1 Å². The molecule has 17 heavy (non-hydrogen) atoms. The molecule has 0 atom stereocenters. The molecule has 0 fully saturated rings. The van der Waals surface area contributed by atoms with Crippen LogP contribution in [0.5, 0.6) is 0 Å². The van der Waals surface area contributed by atoms with E-state index in [1.165, 1.54) is 0 Å². The van der Waals surface area contributed by atoms with Gasteiger partial charge in [-0.25, -0.2) is 4.79 Å². The van der Waals surface area contributed by atoms with E-state index in [1.54, 1.807) is 6.92 Å². The highest BCUT2D eigenvalue weighted by atomic mass is 79.9. The van der Waals surface area contributed by atoms with Crippen LogP contribution in [-0.4, -0.2) is 43.2 Å². The van der Waals surface area contributed by atoms with Crippen molar-refractivity contribution in [1.29, 1.82) is 0 Å². The van der Waals surface area contributed by atoms with E-state index in [4.69, 9.17) is 4.74 Å². The second-order valence-electron chi connectivity index (χ2n) is 4.34. The molecule has 4 heteroatoms. The molecular weight excluding hydrogens is 282 g/mol. The van der Waals surface area contributed by atoms with E-state index >= 15 is 0 Å². The second-order valence-corrected chi connectivity index (χ2v) is 4.34. The minimum absolute atomic E-state index is 0. The zero-order chi connectivity index (χ0) is 12.6. The fourth-order valence-corrected chi connectivity index (χ4v) is 1.90. The van der Waals surface area contributed by atoms with Gasteiger partial charge in [0.2, 0.25) is 0 Å². The molecule has 0 aliphatic rings. The number of carbonyl (C=O) groups is 1. The summed E-state index contributed by atoms with van der Waals surface area (Å²) in [6.45, 7) is 16.6. The Bertz CT molecular complexity index is 238. The number of rotatable bonds is 8. The van der Waals surface area contributed by atoms with Crippen LogP contribution in [0.4, 0.5) is 0 Å². The van der Waals surface area contributed by atoms with Gasteiger partial charge in [0.25, 0.3) is 0 Å². The lowest BCUT2D eigenvalue weighted by molar-refractivity contribution is -0.925. The van der Waals surface area contributed by atoms with Crippen LogP contribution in [0.25, 0.3) is 0 Å². The van der Waals surface area contributed by atoms with Crippen LogP contribution in [0.3, 0.4) is 0 Å². The first-order valence-corrected chi connectivity index (χ1v) is 6.19. The predicted molar refractivity (Wildman–Crippen MR) is 67.1 cm³/mol. The van der Waals surface area contributed by atoms with Crippen LogP contribution in [0.15, 0.2) is 12.2 Å². The van der Waals surface area contributed by atoms with Crippen LogP contribution in [0.1, 0.15) is 34.1 Å². The molecule has 0 aliphatic carbocycles. The van der Waals surface area contributed by atoms with Crippen molar-refractivity contribution in [3.05, 3.63) is 12.2 Å². The Morgan fingerprint density at radius 1 is 1.18 bits per heavy atom. The molecule has 0 saturated carbocycles. The molecule has 0 amide bonds. The van der Waals surface area contributed by atoms with Crippen molar-refractivity contribution in [3.63, 3.8) is 0 Å². The summed E-state index contributed by atoms with van der Waals surface area (Å²) < 4.78 is 6.18. The van der Waals surface area contributed by atoms with Crippen molar-refractivity contribution in [3.8, 4) is 0 Å². The maximum absolute atomic E-state index is 11.2. The van der Waals surface area contributed by atoms with E-state index in [1.807, 2.05) is 0 Å². The molecule has 0 aromatic carbocycles.